The molecule has 28 heavy (non-hydrogen) atoms. The summed E-state index contributed by atoms with van der Waals surface area (Å²) in [6, 6.07) is 17.9. The number of nitrogens with one attached hydrogen (secondary N) is 1. The molecule has 1 aliphatic rings. The summed E-state index contributed by atoms with van der Waals surface area (Å²) in [7, 11) is -2.44. The molecule has 0 bridgehead atoms. The van der Waals surface area contributed by atoms with Crippen molar-refractivity contribution in [3.8, 4) is 5.75 Å². The van der Waals surface area contributed by atoms with E-state index in [0.29, 0.717) is 17.6 Å². The fraction of sp³-hybridized carbons (Fsp3) is 0.227. The standard InChI is InChI=1S/C22H21NO4S/c1-22(13-12-16-10-11-17(27-2)14-19(16)22)21(24)23-28(25,26)20-9-5-7-15-6-3-4-8-18(15)20/h3-11,14H,12-13H2,1-2H3,(H,23,24)/t22-/m0/s1. The summed E-state index contributed by atoms with van der Waals surface area (Å²) in [5.41, 5.74) is 0.931. The molecule has 5 nitrogen and oxygen atoms in total. The molecule has 1 N–H and O–H groups in total. The van der Waals surface area contributed by atoms with Gasteiger partial charge in [-0.1, -0.05) is 42.5 Å². The number of methoxy groups -OCH3 is 1. The lowest BCUT2D eigenvalue weighted by Gasteiger charge is -2.24. The minimum absolute atomic E-state index is 0.103. The molecule has 144 valence electrons. The predicted molar refractivity (Wildman–Crippen MR) is 108 cm³/mol. The Morgan fingerprint density at radius 3 is 2.61 bits per heavy atom. The van der Waals surface area contributed by atoms with Crippen molar-refractivity contribution in [2.75, 3.05) is 7.11 Å². The van der Waals surface area contributed by atoms with Crippen LogP contribution in [-0.4, -0.2) is 21.4 Å². The first-order chi connectivity index (χ1) is 13.3. The molecule has 0 fully saturated rings. The highest BCUT2D eigenvalue weighted by molar-refractivity contribution is 7.90. The van der Waals surface area contributed by atoms with Gasteiger partial charge in [-0.2, -0.15) is 0 Å². The van der Waals surface area contributed by atoms with E-state index < -0.39 is 21.3 Å². The number of rotatable bonds is 4. The number of carbonyl (C=O) groups is 1. The van der Waals surface area contributed by atoms with Crippen molar-refractivity contribution in [2.24, 2.45) is 0 Å². The number of benzene rings is 3. The third kappa shape index (κ3) is 2.94. The summed E-state index contributed by atoms with van der Waals surface area (Å²) in [5.74, 6) is 0.129. The fourth-order valence-electron chi connectivity index (χ4n) is 3.89. The molecule has 1 amide bonds. The van der Waals surface area contributed by atoms with Gasteiger partial charge in [0.25, 0.3) is 10.0 Å². The van der Waals surface area contributed by atoms with Crippen LogP contribution >= 0.6 is 0 Å². The molecule has 4 rings (SSSR count). The van der Waals surface area contributed by atoms with E-state index in [-0.39, 0.29) is 4.90 Å². The van der Waals surface area contributed by atoms with Gasteiger partial charge in [0.2, 0.25) is 5.91 Å². The third-order valence-corrected chi connectivity index (χ3v) is 6.96. The van der Waals surface area contributed by atoms with Crippen LogP contribution in [0.1, 0.15) is 24.5 Å². The normalized spacial score (nSPS) is 18.6. The molecule has 0 saturated carbocycles. The number of aryl methyl sites for hydroxylation is 1. The Labute approximate surface area is 164 Å². The summed E-state index contributed by atoms with van der Waals surface area (Å²) in [6.07, 6.45) is 1.27. The number of carbonyl (C=O) groups excluding carboxylic acids is 1. The number of sulfonamides is 1. The van der Waals surface area contributed by atoms with Gasteiger partial charge in [0, 0.05) is 5.39 Å². The Morgan fingerprint density at radius 1 is 1.07 bits per heavy atom. The SMILES string of the molecule is COc1ccc2c(c1)[C@@](C)(C(=O)NS(=O)(=O)c1cccc3ccccc13)CC2. The van der Waals surface area contributed by atoms with Crippen molar-refractivity contribution >= 4 is 26.7 Å². The molecule has 1 aliphatic carbocycles. The minimum atomic E-state index is -4.01. The lowest BCUT2D eigenvalue weighted by Crippen LogP contribution is -2.43. The summed E-state index contributed by atoms with van der Waals surface area (Å²) < 4.78 is 33.7. The second kappa shape index (κ2) is 6.63. The molecule has 0 spiro atoms. The molecule has 0 heterocycles. The first-order valence-electron chi connectivity index (χ1n) is 9.07. The average molecular weight is 395 g/mol. The van der Waals surface area contributed by atoms with Crippen LogP contribution in [0.25, 0.3) is 10.8 Å². The van der Waals surface area contributed by atoms with Gasteiger partial charge in [-0.05, 0) is 54.5 Å². The average Bonchev–Trinajstić information content (AvgIpc) is 3.04. The summed E-state index contributed by atoms with van der Waals surface area (Å²) >= 11 is 0. The number of amides is 1. The third-order valence-electron chi connectivity index (χ3n) is 5.57. The van der Waals surface area contributed by atoms with E-state index in [1.54, 1.807) is 32.2 Å². The predicted octanol–water partition coefficient (Wildman–Crippen LogP) is 3.56. The molecular weight excluding hydrogens is 374 g/mol. The molecule has 0 aromatic heterocycles. The lowest BCUT2D eigenvalue weighted by molar-refractivity contribution is -0.124. The molecule has 0 unspecified atom stereocenters. The zero-order chi connectivity index (χ0) is 19.9. The van der Waals surface area contributed by atoms with Gasteiger partial charge in [0.1, 0.15) is 5.75 Å². The van der Waals surface area contributed by atoms with E-state index in [4.69, 9.17) is 4.74 Å². The molecule has 0 aliphatic heterocycles. The van der Waals surface area contributed by atoms with E-state index >= 15 is 0 Å². The topological polar surface area (TPSA) is 72.5 Å². The van der Waals surface area contributed by atoms with Crippen molar-refractivity contribution in [1.29, 1.82) is 0 Å². The lowest BCUT2D eigenvalue weighted by atomic mass is 9.83. The van der Waals surface area contributed by atoms with Gasteiger partial charge < -0.3 is 4.74 Å². The van der Waals surface area contributed by atoms with E-state index in [1.165, 1.54) is 6.07 Å². The monoisotopic (exact) mass is 395 g/mol. The molecule has 3 aromatic carbocycles. The van der Waals surface area contributed by atoms with Crippen molar-refractivity contribution in [2.45, 2.75) is 30.1 Å². The van der Waals surface area contributed by atoms with Gasteiger partial charge in [0.05, 0.1) is 17.4 Å². The zero-order valence-corrected chi connectivity index (χ0v) is 16.5. The zero-order valence-electron chi connectivity index (χ0n) is 15.7. The maximum absolute atomic E-state index is 13.1. The minimum Gasteiger partial charge on any atom is -0.497 e. The summed E-state index contributed by atoms with van der Waals surface area (Å²) in [5, 5.41) is 1.39. The van der Waals surface area contributed by atoms with Crippen LogP contribution in [0, 0.1) is 0 Å². The van der Waals surface area contributed by atoms with E-state index in [9.17, 15) is 13.2 Å². The van der Waals surface area contributed by atoms with Crippen LogP contribution in [0.5, 0.6) is 5.75 Å². The van der Waals surface area contributed by atoms with E-state index in [0.717, 1.165) is 22.9 Å². The van der Waals surface area contributed by atoms with Crippen molar-refractivity contribution in [3.05, 3.63) is 71.8 Å². The highest BCUT2D eigenvalue weighted by atomic mass is 32.2. The Kier molecular flexibility index (Phi) is 4.38. The van der Waals surface area contributed by atoms with Crippen molar-refractivity contribution < 1.29 is 17.9 Å². The number of fused-ring (bicyclic) bond motifs is 2. The second-order valence-electron chi connectivity index (χ2n) is 7.27. The second-order valence-corrected chi connectivity index (χ2v) is 8.92. The van der Waals surface area contributed by atoms with Gasteiger partial charge in [-0.25, -0.2) is 13.1 Å². The van der Waals surface area contributed by atoms with Gasteiger partial charge in [0.15, 0.2) is 0 Å². The molecule has 1 atom stereocenters. The van der Waals surface area contributed by atoms with E-state index in [2.05, 4.69) is 4.72 Å². The van der Waals surface area contributed by atoms with Gasteiger partial charge in [-0.15, -0.1) is 0 Å². The van der Waals surface area contributed by atoms with Crippen LogP contribution in [0.4, 0.5) is 0 Å². The van der Waals surface area contributed by atoms with Crippen molar-refractivity contribution in [3.63, 3.8) is 0 Å². The molecule has 0 radical (unpaired) electrons. The van der Waals surface area contributed by atoms with Crippen LogP contribution in [0.15, 0.2) is 65.6 Å². The largest absolute Gasteiger partial charge is 0.497 e. The molecule has 3 aromatic rings. The van der Waals surface area contributed by atoms with Crippen LogP contribution < -0.4 is 9.46 Å². The highest BCUT2D eigenvalue weighted by Gasteiger charge is 2.43. The summed E-state index contributed by atoms with van der Waals surface area (Å²) in [4.78, 5) is 13.2. The number of hydrogen-bond acceptors (Lipinski definition) is 4. The Balaban J connectivity index is 1.71. The fourth-order valence-corrected chi connectivity index (χ4v) is 5.20. The number of ether oxygens (including phenoxy) is 1. The van der Waals surface area contributed by atoms with Crippen LogP contribution in [-0.2, 0) is 26.7 Å². The maximum Gasteiger partial charge on any atom is 0.264 e. The van der Waals surface area contributed by atoms with E-state index in [1.807, 2.05) is 36.4 Å². The molecule has 6 heteroatoms. The Morgan fingerprint density at radius 2 is 1.82 bits per heavy atom. The smallest absolute Gasteiger partial charge is 0.264 e. The van der Waals surface area contributed by atoms with Crippen LogP contribution in [0.3, 0.4) is 0 Å². The van der Waals surface area contributed by atoms with Crippen molar-refractivity contribution in [1.82, 2.24) is 4.72 Å². The Hall–Kier alpha value is -2.86. The quantitative estimate of drug-likeness (QED) is 0.733. The molecule has 0 saturated heterocycles. The first-order valence-corrected chi connectivity index (χ1v) is 10.6. The Bertz CT molecular complexity index is 1180. The van der Waals surface area contributed by atoms with Gasteiger partial charge in [-0.3, -0.25) is 4.79 Å². The maximum atomic E-state index is 13.1. The highest BCUT2D eigenvalue weighted by Crippen LogP contribution is 2.41. The summed E-state index contributed by atoms with van der Waals surface area (Å²) in [6.45, 7) is 1.78. The van der Waals surface area contributed by atoms with Crippen LogP contribution in [0.2, 0.25) is 0 Å². The molecular formula is C22H21NO4S. The van der Waals surface area contributed by atoms with Gasteiger partial charge >= 0.3 is 0 Å². The number of hydrogen-bond donors (Lipinski definition) is 1. The first kappa shape index (κ1) is 18.5.